The quantitative estimate of drug-likeness (QED) is 0.776. The lowest BCUT2D eigenvalue weighted by Gasteiger charge is -2.04. The molecule has 7 heteroatoms. The summed E-state index contributed by atoms with van der Waals surface area (Å²) in [6, 6.07) is 2.25. The first-order chi connectivity index (χ1) is 9.52. The third-order valence-corrected chi connectivity index (χ3v) is 2.96. The van der Waals surface area contributed by atoms with Gasteiger partial charge in [-0.05, 0) is 33.8 Å². The van der Waals surface area contributed by atoms with Crippen LogP contribution in [-0.4, -0.2) is 37.4 Å². The van der Waals surface area contributed by atoms with Gasteiger partial charge in [0.2, 0.25) is 0 Å². The topological polar surface area (TPSA) is 74.8 Å². The second-order valence-electron chi connectivity index (χ2n) is 4.78. The monoisotopic (exact) mass is 277 g/mol. The summed E-state index contributed by atoms with van der Waals surface area (Å²) in [5, 5.41) is 12.3. The fraction of sp³-hybridized carbons (Fsp3) is 0.538. The van der Waals surface area contributed by atoms with Gasteiger partial charge in [0.1, 0.15) is 0 Å². The number of carbonyl (C=O) groups excluding carboxylic acids is 1. The SMILES string of the molecule is CCOC(=O)c1nnn(Cc2ccn(C(C)C)n2)c1C. The van der Waals surface area contributed by atoms with E-state index in [-0.39, 0.29) is 5.69 Å². The van der Waals surface area contributed by atoms with Crippen LogP contribution in [-0.2, 0) is 11.3 Å². The highest BCUT2D eigenvalue weighted by molar-refractivity contribution is 5.88. The zero-order valence-corrected chi connectivity index (χ0v) is 12.2. The Labute approximate surface area is 117 Å². The predicted molar refractivity (Wildman–Crippen MR) is 72.4 cm³/mol. The van der Waals surface area contributed by atoms with E-state index >= 15 is 0 Å². The molecule has 0 atom stereocenters. The van der Waals surface area contributed by atoms with Crippen LogP contribution in [0.2, 0.25) is 0 Å². The average Bonchev–Trinajstić information content (AvgIpc) is 2.99. The standard InChI is InChI=1S/C13H19N5O2/c1-5-20-13(19)12-10(4)18(16-14-12)8-11-6-7-17(15-11)9(2)3/h6-7,9H,5,8H2,1-4H3. The van der Waals surface area contributed by atoms with Crippen LogP contribution in [0.3, 0.4) is 0 Å². The van der Waals surface area contributed by atoms with Gasteiger partial charge in [-0.2, -0.15) is 5.10 Å². The number of hydrogen-bond donors (Lipinski definition) is 0. The molecule has 2 rings (SSSR count). The van der Waals surface area contributed by atoms with Gasteiger partial charge in [0.25, 0.3) is 0 Å². The summed E-state index contributed by atoms with van der Waals surface area (Å²) in [7, 11) is 0. The molecule has 0 aromatic carbocycles. The van der Waals surface area contributed by atoms with Crippen molar-refractivity contribution in [3.8, 4) is 0 Å². The summed E-state index contributed by atoms with van der Waals surface area (Å²) >= 11 is 0. The molecule has 0 unspecified atom stereocenters. The van der Waals surface area contributed by atoms with Gasteiger partial charge < -0.3 is 4.74 Å². The number of ether oxygens (including phenoxy) is 1. The summed E-state index contributed by atoms with van der Waals surface area (Å²) in [6.45, 7) is 8.50. The van der Waals surface area contributed by atoms with Crippen molar-refractivity contribution in [2.45, 2.75) is 40.3 Å². The summed E-state index contributed by atoms with van der Waals surface area (Å²) in [5.41, 5.74) is 1.82. The zero-order valence-electron chi connectivity index (χ0n) is 12.2. The van der Waals surface area contributed by atoms with Crippen molar-refractivity contribution < 1.29 is 9.53 Å². The van der Waals surface area contributed by atoms with Crippen LogP contribution >= 0.6 is 0 Å². The lowest BCUT2D eigenvalue weighted by Crippen LogP contribution is -2.09. The normalized spacial score (nSPS) is 11.1. The second-order valence-corrected chi connectivity index (χ2v) is 4.78. The molecule has 0 radical (unpaired) electrons. The van der Waals surface area contributed by atoms with Gasteiger partial charge in [-0.3, -0.25) is 4.68 Å². The van der Waals surface area contributed by atoms with Crippen molar-refractivity contribution in [3.63, 3.8) is 0 Å². The third-order valence-electron chi connectivity index (χ3n) is 2.96. The Hall–Kier alpha value is -2.18. The van der Waals surface area contributed by atoms with E-state index in [0.29, 0.717) is 24.9 Å². The number of nitrogens with zero attached hydrogens (tertiary/aromatic N) is 5. The molecule has 2 heterocycles. The van der Waals surface area contributed by atoms with Crippen molar-refractivity contribution in [3.05, 3.63) is 29.3 Å². The van der Waals surface area contributed by atoms with Crippen LogP contribution in [0.5, 0.6) is 0 Å². The lowest BCUT2D eigenvalue weighted by atomic mass is 10.3. The molecule has 7 nitrogen and oxygen atoms in total. The Balaban J connectivity index is 2.15. The van der Waals surface area contributed by atoms with Gasteiger partial charge in [0.15, 0.2) is 5.69 Å². The highest BCUT2D eigenvalue weighted by Gasteiger charge is 2.18. The molecule has 0 spiro atoms. The summed E-state index contributed by atoms with van der Waals surface area (Å²) < 4.78 is 8.47. The van der Waals surface area contributed by atoms with E-state index in [1.54, 1.807) is 18.5 Å². The molecule has 0 saturated heterocycles. The maximum Gasteiger partial charge on any atom is 0.360 e. The maximum atomic E-state index is 11.7. The second kappa shape index (κ2) is 5.85. The smallest absolute Gasteiger partial charge is 0.360 e. The number of hydrogen-bond acceptors (Lipinski definition) is 5. The van der Waals surface area contributed by atoms with E-state index in [2.05, 4.69) is 29.3 Å². The van der Waals surface area contributed by atoms with Crippen LogP contribution in [0.15, 0.2) is 12.3 Å². The molecule has 0 aliphatic carbocycles. The Kier molecular flexibility index (Phi) is 4.16. The highest BCUT2D eigenvalue weighted by atomic mass is 16.5. The van der Waals surface area contributed by atoms with E-state index in [9.17, 15) is 4.79 Å². The van der Waals surface area contributed by atoms with Crippen LogP contribution in [0.1, 0.15) is 48.7 Å². The molecular weight excluding hydrogens is 258 g/mol. The van der Waals surface area contributed by atoms with Gasteiger partial charge in [0.05, 0.1) is 24.5 Å². The average molecular weight is 277 g/mol. The van der Waals surface area contributed by atoms with Crippen LogP contribution in [0, 0.1) is 6.92 Å². The number of carbonyl (C=O) groups is 1. The highest BCUT2D eigenvalue weighted by Crippen LogP contribution is 2.09. The largest absolute Gasteiger partial charge is 0.461 e. The van der Waals surface area contributed by atoms with Crippen LogP contribution < -0.4 is 0 Å². The van der Waals surface area contributed by atoms with Crippen molar-refractivity contribution in [1.82, 2.24) is 24.8 Å². The molecule has 0 aliphatic heterocycles. The maximum absolute atomic E-state index is 11.7. The first-order valence-corrected chi connectivity index (χ1v) is 6.64. The molecule has 0 aliphatic rings. The Morgan fingerprint density at radius 3 is 2.80 bits per heavy atom. The fourth-order valence-corrected chi connectivity index (χ4v) is 1.80. The predicted octanol–water partition coefficient (Wildman–Crippen LogP) is 1.59. The summed E-state index contributed by atoms with van der Waals surface area (Å²) in [6.07, 6.45) is 1.93. The molecule has 20 heavy (non-hydrogen) atoms. The van der Waals surface area contributed by atoms with Crippen LogP contribution in [0.25, 0.3) is 0 Å². The van der Waals surface area contributed by atoms with Crippen LogP contribution in [0.4, 0.5) is 0 Å². The first-order valence-electron chi connectivity index (χ1n) is 6.64. The van der Waals surface area contributed by atoms with E-state index in [1.807, 2.05) is 16.9 Å². The van der Waals surface area contributed by atoms with E-state index in [0.717, 1.165) is 5.69 Å². The molecule has 2 aromatic heterocycles. The lowest BCUT2D eigenvalue weighted by molar-refractivity contribution is 0.0518. The molecule has 0 fully saturated rings. The molecule has 2 aromatic rings. The van der Waals surface area contributed by atoms with Gasteiger partial charge in [-0.15, -0.1) is 5.10 Å². The van der Waals surface area contributed by atoms with E-state index in [1.165, 1.54) is 0 Å². The van der Waals surface area contributed by atoms with Gasteiger partial charge >= 0.3 is 5.97 Å². The number of aromatic nitrogens is 5. The Morgan fingerprint density at radius 2 is 2.20 bits per heavy atom. The van der Waals surface area contributed by atoms with Gasteiger partial charge in [-0.25, -0.2) is 9.48 Å². The van der Waals surface area contributed by atoms with E-state index in [4.69, 9.17) is 4.74 Å². The molecule has 0 saturated carbocycles. The minimum atomic E-state index is -0.441. The fourth-order valence-electron chi connectivity index (χ4n) is 1.80. The van der Waals surface area contributed by atoms with Gasteiger partial charge in [-0.1, -0.05) is 5.21 Å². The molecule has 0 bridgehead atoms. The number of rotatable bonds is 5. The Bertz CT molecular complexity index is 600. The molecular formula is C13H19N5O2. The third kappa shape index (κ3) is 2.87. The van der Waals surface area contributed by atoms with Gasteiger partial charge in [0, 0.05) is 12.2 Å². The minimum Gasteiger partial charge on any atom is -0.461 e. The summed E-state index contributed by atoms with van der Waals surface area (Å²) in [5.74, 6) is -0.441. The van der Waals surface area contributed by atoms with Crippen molar-refractivity contribution >= 4 is 5.97 Å². The molecule has 108 valence electrons. The Morgan fingerprint density at radius 1 is 1.45 bits per heavy atom. The van der Waals surface area contributed by atoms with Crippen molar-refractivity contribution in [2.24, 2.45) is 0 Å². The molecule has 0 N–H and O–H groups in total. The zero-order chi connectivity index (χ0) is 14.7. The first kappa shape index (κ1) is 14.2. The number of esters is 1. The summed E-state index contributed by atoms with van der Waals surface area (Å²) in [4.78, 5) is 11.7. The van der Waals surface area contributed by atoms with Crippen molar-refractivity contribution in [1.29, 1.82) is 0 Å². The molecule has 0 amide bonds. The van der Waals surface area contributed by atoms with E-state index < -0.39 is 5.97 Å². The minimum absolute atomic E-state index is 0.259. The van der Waals surface area contributed by atoms with Crippen molar-refractivity contribution in [2.75, 3.05) is 6.61 Å².